The topological polar surface area (TPSA) is 69.6 Å². The summed E-state index contributed by atoms with van der Waals surface area (Å²) in [5, 5.41) is 11.8. The van der Waals surface area contributed by atoms with Gasteiger partial charge in [0.2, 0.25) is 0 Å². The van der Waals surface area contributed by atoms with Gasteiger partial charge in [0.05, 0.1) is 0 Å². The van der Waals surface area contributed by atoms with E-state index in [1.54, 1.807) is 18.9 Å². The molecule has 0 saturated heterocycles. The number of aliphatic carboxylic acids is 1. The van der Waals surface area contributed by atoms with Gasteiger partial charge in [-0.15, -0.1) is 0 Å². The molecule has 0 spiro atoms. The molecule has 3 unspecified atom stereocenters. The second-order valence-corrected chi connectivity index (χ2v) is 5.67. The van der Waals surface area contributed by atoms with E-state index in [9.17, 15) is 14.7 Å². The van der Waals surface area contributed by atoms with E-state index in [0.29, 0.717) is 31.2 Å². The van der Waals surface area contributed by atoms with Gasteiger partial charge in [0.25, 0.3) is 0 Å². The van der Waals surface area contributed by atoms with Crippen LogP contribution in [0.25, 0.3) is 0 Å². The molecule has 5 heteroatoms. The third-order valence-electron chi connectivity index (χ3n) is 3.74. The van der Waals surface area contributed by atoms with Crippen molar-refractivity contribution in [1.82, 2.24) is 10.2 Å². The van der Waals surface area contributed by atoms with Crippen LogP contribution in [0.5, 0.6) is 0 Å². The van der Waals surface area contributed by atoms with E-state index >= 15 is 0 Å². The second kappa shape index (κ2) is 5.59. The van der Waals surface area contributed by atoms with Gasteiger partial charge in [0, 0.05) is 13.6 Å². The van der Waals surface area contributed by atoms with Gasteiger partial charge in [-0.05, 0) is 31.6 Å². The molecule has 0 aromatic heterocycles. The Morgan fingerprint density at radius 2 is 2.06 bits per heavy atom. The predicted octanol–water partition coefficient (Wildman–Crippen LogP) is 1.93. The fourth-order valence-electron chi connectivity index (χ4n) is 2.14. The van der Waals surface area contributed by atoms with E-state index in [1.807, 2.05) is 6.92 Å². The summed E-state index contributed by atoms with van der Waals surface area (Å²) in [6.45, 7) is 6.33. The van der Waals surface area contributed by atoms with Crippen molar-refractivity contribution in [3.63, 3.8) is 0 Å². The van der Waals surface area contributed by atoms with Crippen LogP contribution in [0.3, 0.4) is 0 Å². The van der Waals surface area contributed by atoms with Crippen molar-refractivity contribution in [2.24, 2.45) is 11.8 Å². The normalized spacial score (nSPS) is 25.1. The van der Waals surface area contributed by atoms with E-state index in [4.69, 9.17) is 0 Å². The van der Waals surface area contributed by atoms with Gasteiger partial charge in [-0.25, -0.2) is 9.59 Å². The molecule has 1 saturated carbocycles. The highest BCUT2D eigenvalue weighted by atomic mass is 16.4. The lowest BCUT2D eigenvalue weighted by Gasteiger charge is -2.29. The molecule has 1 aliphatic carbocycles. The molecule has 0 bridgehead atoms. The molecule has 0 radical (unpaired) electrons. The Morgan fingerprint density at radius 1 is 1.50 bits per heavy atom. The third kappa shape index (κ3) is 3.62. The van der Waals surface area contributed by atoms with Gasteiger partial charge in [-0.2, -0.15) is 0 Å². The maximum Gasteiger partial charge on any atom is 0.329 e. The van der Waals surface area contributed by atoms with Crippen molar-refractivity contribution in [2.45, 2.75) is 45.6 Å². The molecular formula is C13H24N2O3. The number of nitrogens with zero attached hydrogens (tertiary/aromatic N) is 1. The van der Waals surface area contributed by atoms with Crippen molar-refractivity contribution in [3.8, 4) is 0 Å². The SMILES string of the molecule is CCCC(C)(NC(=O)N(C)CC1CC1C)C(=O)O. The van der Waals surface area contributed by atoms with Crippen molar-refractivity contribution in [1.29, 1.82) is 0 Å². The Balaban J connectivity index is 2.52. The van der Waals surface area contributed by atoms with Crippen LogP contribution in [0.15, 0.2) is 0 Å². The highest BCUT2D eigenvalue weighted by molar-refractivity contribution is 5.85. The first-order valence-electron chi connectivity index (χ1n) is 6.56. The zero-order chi connectivity index (χ0) is 13.9. The van der Waals surface area contributed by atoms with Crippen LogP contribution in [0.1, 0.15) is 40.0 Å². The smallest absolute Gasteiger partial charge is 0.329 e. The maximum absolute atomic E-state index is 12.0. The minimum atomic E-state index is -1.17. The van der Waals surface area contributed by atoms with Crippen LogP contribution < -0.4 is 5.32 Å². The Kier molecular flexibility index (Phi) is 4.59. The summed E-state index contributed by atoms with van der Waals surface area (Å²) in [7, 11) is 1.72. The summed E-state index contributed by atoms with van der Waals surface area (Å²) < 4.78 is 0. The summed E-state index contributed by atoms with van der Waals surface area (Å²) in [6, 6.07) is -0.299. The van der Waals surface area contributed by atoms with Gasteiger partial charge >= 0.3 is 12.0 Å². The number of urea groups is 1. The Labute approximate surface area is 109 Å². The summed E-state index contributed by atoms with van der Waals surface area (Å²) in [6.07, 6.45) is 2.30. The van der Waals surface area contributed by atoms with Gasteiger partial charge in [0.15, 0.2) is 0 Å². The van der Waals surface area contributed by atoms with Crippen LogP contribution in [-0.2, 0) is 4.79 Å². The molecule has 104 valence electrons. The summed E-state index contributed by atoms with van der Waals surface area (Å²) in [4.78, 5) is 24.8. The van der Waals surface area contributed by atoms with Crippen LogP contribution in [0.4, 0.5) is 4.79 Å². The zero-order valence-corrected chi connectivity index (χ0v) is 11.7. The fraction of sp³-hybridized carbons (Fsp3) is 0.846. The molecule has 0 aromatic carbocycles. The van der Waals surface area contributed by atoms with Gasteiger partial charge in [0.1, 0.15) is 5.54 Å². The summed E-state index contributed by atoms with van der Waals surface area (Å²) in [5.41, 5.74) is -1.17. The van der Waals surface area contributed by atoms with Gasteiger partial charge < -0.3 is 15.3 Å². The van der Waals surface area contributed by atoms with Crippen molar-refractivity contribution in [2.75, 3.05) is 13.6 Å². The lowest BCUT2D eigenvalue weighted by Crippen LogP contribution is -2.55. The molecular weight excluding hydrogens is 232 g/mol. The number of rotatable bonds is 6. The van der Waals surface area contributed by atoms with E-state index < -0.39 is 11.5 Å². The third-order valence-corrected chi connectivity index (χ3v) is 3.74. The molecule has 18 heavy (non-hydrogen) atoms. The number of carboxylic acid groups (broad SMARTS) is 1. The quantitative estimate of drug-likeness (QED) is 0.763. The minimum absolute atomic E-state index is 0.299. The predicted molar refractivity (Wildman–Crippen MR) is 69.4 cm³/mol. The molecule has 2 amide bonds. The van der Waals surface area contributed by atoms with E-state index in [2.05, 4.69) is 12.2 Å². The van der Waals surface area contributed by atoms with Gasteiger partial charge in [-0.1, -0.05) is 20.3 Å². The first kappa shape index (κ1) is 14.8. The average molecular weight is 256 g/mol. The maximum atomic E-state index is 12.0. The van der Waals surface area contributed by atoms with Crippen molar-refractivity contribution >= 4 is 12.0 Å². The molecule has 5 nitrogen and oxygen atoms in total. The standard InChI is InChI=1S/C13H24N2O3/c1-5-6-13(3,11(16)17)14-12(18)15(4)8-10-7-9(10)2/h9-10H,5-8H2,1-4H3,(H,14,18)(H,16,17). The summed E-state index contributed by atoms with van der Waals surface area (Å²) in [5.74, 6) is 0.274. The first-order valence-corrected chi connectivity index (χ1v) is 6.56. The van der Waals surface area contributed by atoms with Crippen molar-refractivity contribution < 1.29 is 14.7 Å². The number of carbonyl (C=O) groups excluding carboxylic acids is 1. The van der Waals surface area contributed by atoms with Crippen LogP contribution in [0, 0.1) is 11.8 Å². The van der Waals surface area contributed by atoms with Crippen LogP contribution in [0.2, 0.25) is 0 Å². The molecule has 0 heterocycles. The second-order valence-electron chi connectivity index (χ2n) is 5.67. The molecule has 1 aliphatic rings. The number of hydrogen-bond acceptors (Lipinski definition) is 2. The van der Waals surface area contributed by atoms with Crippen LogP contribution in [-0.4, -0.2) is 41.1 Å². The lowest BCUT2D eigenvalue weighted by molar-refractivity contribution is -0.144. The Morgan fingerprint density at radius 3 is 2.44 bits per heavy atom. The van der Waals surface area contributed by atoms with Crippen LogP contribution >= 0.6 is 0 Å². The largest absolute Gasteiger partial charge is 0.480 e. The van der Waals surface area contributed by atoms with Crippen molar-refractivity contribution in [3.05, 3.63) is 0 Å². The fourth-order valence-corrected chi connectivity index (χ4v) is 2.14. The lowest BCUT2D eigenvalue weighted by atomic mass is 9.96. The molecule has 1 fully saturated rings. The zero-order valence-electron chi connectivity index (χ0n) is 11.7. The number of amides is 2. The monoisotopic (exact) mass is 256 g/mol. The molecule has 3 atom stereocenters. The Hall–Kier alpha value is -1.26. The molecule has 2 N–H and O–H groups in total. The molecule has 0 aliphatic heterocycles. The Bertz CT molecular complexity index is 332. The number of carboxylic acids is 1. The number of carbonyl (C=O) groups is 2. The van der Waals surface area contributed by atoms with Gasteiger partial charge in [-0.3, -0.25) is 0 Å². The highest BCUT2D eigenvalue weighted by Crippen LogP contribution is 2.37. The average Bonchev–Trinajstić information content (AvgIpc) is 2.94. The number of nitrogens with one attached hydrogen (secondary N) is 1. The number of hydrogen-bond donors (Lipinski definition) is 2. The van der Waals surface area contributed by atoms with E-state index in [1.165, 1.54) is 0 Å². The minimum Gasteiger partial charge on any atom is -0.480 e. The molecule has 0 aromatic rings. The van der Waals surface area contributed by atoms with E-state index in [0.717, 1.165) is 6.42 Å². The highest BCUT2D eigenvalue weighted by Gasteiger charge is 2.37. The summed E-state index contributed by atoms with van der Waals surface area (Å²) >= 11 is 0. The van der Waals surface area contributed by atoms with E-state index in [-0.39, 0.29) is 6.03 Å². The first-order chi connectivity index (χ1) is 8.30. The molecule has 1 rings (SSSR count).